The number of amides is 3. The number of urea groups is 1. The molecule has 2 heterocycles. The van der Waals surface area contributed by atoms with E-state index in [0.717, 1.165) is 11.1 Å². The molecule has 0 aliphatic carbocycles. The molecule has 0 saturated carbocycles. The third-order valence-corrected chi connectivity index (χ3v) is 5.65. The van der Waals surface area contributed by atoms with Crippen LogP contribution in [0, 0.1) is 13.8 Å². The van der Waals surface area contributed by atoms with E-state index < -0.39 is 18.0 Å². The van der Waals surface area contributed by atoms with Crippen LogP contribution in [0.1, 0.15) is 22.7 Å². The van der Waals surface area contributed by atoms with Crippen molar-refractivity contribution in [2.45, 2.75) is 19.9 Å². The van der Waals surface area contributed by atoms with Crippen LogP contribution in [0.3, 0.4) is 0 Å². The minimum Gasteiger partial charge on any atom is -0.456 e. The Kier molecular flexibility index (Phi) is 5.22. The first-order valence-corrected chi connectivity index (χ1v) is 9.82. The summed E-state index contributed by atoms with van der Waals surface area (Å²) in [5.41, 5.74) is 4.07. The average Bonchev–Trinajstić information content (AvgIpc) is 3.09. The fourth-order valence-corrected chi connectivity index (χ4v) is 3.83. The van der Waals surface area contributed by atoms with E-state index in [9.17, 15) is 14.4 Å². The van der Waals surface area contributed by atoms with E-state index in [2.05, 4.69) is 10.6 Å². The monoisotopic (exact) mass is 425 g/mol. The summed E-state index contributed by atoms with van der Waals surface area (Å²) in [6.45, 7) is 3.62. The van der Waals surface area contributed by atoms with E-state index in [-0.39, 0.29) is 19.1 Å². The number of cyclic esters (lactones) is 1. The number of anilines is 1. The summed E-state index contributed by atoms with van der Waals surface area (Å²) in [5.74, 6) is -0.912. The van der Waals surface area contributed by atoms with E-state index in [1.165, 1.54) is 4.90 Å². The highest BCUT2D eigenvalue weighted by molar-refractivity contribution is 6.31. The van der Waals surface area contributed by atoms with Crippen molar-refractivity contribution >= 4 is 35.2 Å². The van der Waals surface area contributed by atoms with Gasteiger partial charge in [-0.3, -0.25) is 9.69 Å². The lowest BCUT2D eigenvalue weighted by molar-refractivity contribution is -0.136. The number of ether oxygens (including phenoxy) is 1. The quantitative estimate of drug-likeness (QED) is 0.734. The number of carbonyl (C=O) groups is 3. The Morgan fingerprint density at radius 2 is 1.97 bits per heavy atom. The molecule has 7 nitrogen and oxygen atoms in total. The number of rotatable bonds is 4. The molecule has 8 heteroatoms. The molecule has 3 amide bonds. The number of halogens is 1. The first-order valence-electron chi connectivity index (χ1n) is 9.45. The maximum Gasteiger partial charge on any atom is 0.338 e. The van der Waals surface area contributed by atoms with Gasteiger partial charge in [-0.2, -0.15) is 0 Å². The van der Waals surface area contributed by atoms with Crippen LogP contribution in [-0.4, -0.2) is 36.0 Å². The molecule has 0 radical (unpaired) electrons. The third-order valence-electron chi connectivity index (χ3n) is 5.31. The number of hydrogen-bond acceptors (Lipinski definition) is 4. The first-order chi connectivity index (χ1) is 14.3. The Bertz CT molecular complexity index is 1100. The molecule has 0 aromatic heterocycles. The SMILES string of the molecule is Cc1ccc(NC(=O)CN2C(=O)N[C@H](c3ccccc3Cl)C3=C2COC3=O)cc1C. The van der Waals surface area contributed by atoms with Gasteiger partial charge in [-0.15, -0.1) is 0 Å². The molecule has 0 bridgehead atoms. The van der Waals surface area contributed by atoms with Crippen LogP contribution in [0.15, 0.2) is 53.7 Å². The van der Waals surface area contributed by atoms with E-state index in [1.54, 1.807) is 30.3 Å². The van der Waals surface area contributed by atoms with Crippen LogP contribution in [-0.2, 0) is 14.3 Å². The molecule has 1 atom stereocenters. The van der Waals surface area contributed by atoms with E-state index in [0.29, 0.717) is 27.5 Å². The molecule has 0 fully saturated rings. The van der Waals surface area contributed by atoms with Crippen molar-refractivity contribution in [1.82, 2.24) is 10.2 Å². The van der Waals surface area contributed by atoms with Crippen molar-refractivity contribution in [2.24, 2.45) is 0 Å². The predicted octanol–water partition coefficient (Wildman–Crippen LogP) is 3.47. The molecule has 30 heavy (non-hydrogen) atoms. The Balaban J connectivity index is 1.60. The number of esters is 1. The lowest BCUT2D eigenvalue weighted by Gasteiger charge is -2.32. The van der Waals surface area contributed by atoms with Gasteiger partial charge in [0.15, 0.2) is 0 Å². The summed E-state index contributed by atoms with van der Waals surface area (Å²) >= 11 is 6.27. The summed E-state index contributed by atoms with van der Waals surface area (Å²) in [6, 6.07) is 11.3. The first kappa shape index (κ1) is 20.0. The van der Waals surface area contributed by atoms with Gasteiger partial charge in [-0.05, 0) is 48.7 Å². The zero-order valence-electron chi connectivity index (χ0n) is 16.5. The Morgan fingerprint density at radius 1 is 1.20 bits per heavy atom. The third kappa shape index (κ3) is 3.64. The van der Waals surface area contributed by atoms with Crippen LogP contribution >= 0.6 is 11.6 Å². The minimum atomic E-state index is -0.727. The van der Waals surface area contributed by atoms with E-state index in [4.69, 9.17) is 16.3 Å². The van der Waals surface area contributed by atoms with Gasteiger partial charge in [0.25, 0.3) is 0 Å². The Morgan fingerprint density at radius 3 is 2.70 bits per heavy atom. The normalized spacial score (nSPS) is 18.1. The van der Waals surface area contributed by atoms with Gasteiger partial charge in [0, 0.05) is 10.7 Å². The summed E-state index contributed by atoms with van der Waals surface area (Å²) in [5, 5.41) is 5.99. The van der Waals surface area contributed by atoms with Crippen molar-refractivity contribution in [1.29, 1.82) is 0 Å². The largest absolute Gasteiger partial charge is 0.456 e. The minimum absolute atomic E-state index is 0.0700. The maximum atomic E-state index is 12.8. The number of benzene rings is 2. The molecular formula is C22H20ClN3O4. The van der Waals surface area contributed by atoms with Gasteiger partial charge in [-0.25, -0.2) is 9.59 Å². The highest BCUT2D eigenvalue weighted by atomic mass is 35.5. The molecule has 4 rings (SSSR count). The zero-order chi connectivity index (χ0) is 21.4. The van der Waals surface area contributed by atoms with E-state index in [1.807, 2.05) is 26.0 Å². The predicted molar refractivity (Wildman–Crippen MR) is 112 cm³/mol. The standard InChI is InChI=1S/C22H20ClN3O4/c1-12-7-8-14(9-13(12)2)24-18(27)10-26-17-11-30-21(28)19(17)20(25-22(26)29)15-5-3-4-6-16(15)23/h3-9,20H,10-11H2,1-2H3,(H,24,27)(H,25,29)/t20-/m1/s1. The lowest BCUT2D eigenvalue weighted by atomic mass is 9.95. The number of nitrogens with zero attached hydrogens (tertiary/aromatic N) is 1. The fourth-order valence-electron chi connectivity index (χ4n) is 3.58. The molecule has 2 aliphatic rings. The topological polar surface area (TPSA) is 87.7 Å². The van der Waals surface area contributed by atoms with Crippen molar-refractivity contribution in [2.75, 3.05) is 18.5 Å². The molecule has 2 aliphatic heterocycles. The average molecular weight is 426 g/mol. The molecule has 0 saturated heterocycles. The second kappa shape index (κ2) is 7.84. The number of nitrogens with one attached hydrogen (secondary N) is 2. The van der Waals surface area contributed by atoms with Gasteiger partial charge in [0.05, 0.1) is 17.3 Å². The lowest BCUT2D eigenvalue weighted by Crippen LogP contribution is -2.49. The highest BCUT2D eigenvalue weighted by Crippen LogP contribution is 2.37. The molecule has 2 aromatic carbocycles. The fraction of sp³-hybridized carbons (Fsp3) is 0.227. The van der Waals surface area contributed by atoms with Gasteiger partial charge < -0.3 is 15.4 Å². The molecule has 2 N–H and O–H groups in total. The summed E-state index contributed by atoms with van der Waals surface area (Å²) in [7, 11) is 0. The molecule has 2 aromatic rings. The van der Waals surface area contributed by atoms with Gasteiger partial charge >= 0.3 is 12.0 Å². The van der Waals surface area contributed by atoms with Gasteiger partial charge in [0.1, 0.15) is 13.2 Å². The highest BCUT2D eigenvalue weighted by Gasteiger charge is 2.43. The van der Waals surface area contributed by atoms with Crippen LogP contribution in [0.5, 0.6) is 0 Å². The number of hydrogen-bond donors (Lipinski definition) is 2. The second-order valence-corrected chi connectivity index (χ2v) is 7.68. The molecule has 0 spiro atoms. The Labute approximate surface area is 178 Å². The number of carbonyl (C=O) groups excluding carboxylic acids is 3. The van der Waals surface area contributed by atoms with Gasteiger partial charge in [0.2, 0.25) is 5.91 Å². The van der Waals surface area contributed by atoms with Crippen molar-refractivity contribution in [3.8, 4) is 0 Å². The van der Waals surface area contributed by atoms with Crippen molar-refractivity contribution in [3.63, 3.8) is 0 Å². The van der Waals surface area contributed by atoms with Crippen LogP contribution in [0.2, 0.25) is 5.02 Å². The van der Waals surface area contributed by atoms with Gasteiger partial charge in [-0.1, -0.05) is 35.9 Å². The molecule has 0 unspecified atom stereocenters. The summed E-state index contributed by atoms with van der Waals surface area (Å²) in [6.07, 6.45) is 0. The summed E-state index contributed by atoms with van der Waals surface area (Å²) < 4.78 is 5.18. The van der Waals surface area contributed by atoms with Crippen molar-refractivity contribution in [3.05, 3.63) is 75.4 Å². The van der Waals surface area contributed by atoms with E-state index >= 15 is 0 Å². The summed E-state index contributed by atoms with van der Waals surface area (Å²) in [4.78, 5) is 39.1. The molecular weight excluding hydrogens is 406 g/mol. The Hall–Kier alpha value is -3.32. The van der Waals surface area contributed by atoms with Crippen molar-refractivity contribution < 1.29 is 19.1 Å². The second-order valence-electron chi connectivity index (χ2n) is 7.27. The number of aryl methyl sites for hydroxylation is 2. The van der Waals surface area contributed by atoms with Crippen LogP contribution < -0.4 is 10.6 Å². The van der Waals surface area contributed by atoms with Crippen LogP contribution in [0.25, 0.3) is 0 Å². The van der Waals surface area contributed by atoms with Crippen LogP contribution in [0.4, 0.5) is 10.5 Å². The molecule has 154 valence electrons. The smallest absolute Gasteiger partial charge is 0.338 e. The zero-order valence-corrected chi connectivity index (χ0v) is 17.2. The maximum absolute atomic E-state index is 12.8.